The summed E-state index contributed by atoms with van der Waals surface area (Å²) < 4.78 is 0. The Labute approximate surface area is 108 Å². The van der Waals surface area contributed by atoms with Crippen molar-refractivity contribution in [2.75, 3.05) is 0 Å². The van der Waals surface area contributed by atoms with Gasteiger partial charge in [-0.15, -0.1) is 0 Å². The monoisotopic (exact) mass is 231 g/mol. The van der Waals surface area contributed by atoms with Gasteiger partial charge in [0.15, 0.2) is 0 Å². The molecule has 0 aliphatic heterocycles. The molecule has 0 spiro atoms. The number of aryl methyl sites for hydroxylation is 1. The maximum Gasteiger partial charge on any atom is -0.0145 e. The van der Waals surface area contributed by atoms with Crippen molar-refractivity contribution in [1.29, 1.82) is 0 Å². The molecule has 0 heteroatoms. The summed E-state index contributed by atoms with van der Waals surface area (Å²) in [5.74, 6) is 0. The molecular formula is C18H15. The Morgan fingerprint density at radius 2 is 1.56 bits per heavy atom. The topological polar surface area (TPSA) is 0 Å². The summed E-state index contributed by atoms with van der Waals surface area (Å²) in [5, 5.41) is 5.25. The summed E-state index contributed by atoms with van der Waals surface area (Å²) in [4.78, 5) is 0. The Morgan fingerprint density at radius 3 is 2.33 bits per heavy atom. The highest BCUT2D eigenvalue weighted by Gasteiger charge is 2.02. The van der Waals surface area contributed by atoms with Crippen LogP contribution in [0.3, 0.4) is 0 Å². The van der Waals surface area contributed by atoms with E-state index in [2.05, 4.69) is 54.6 Å². The van der Waals surface area contributed by atoms with E-state index in [1.807, 2.05) is 0 Å². The number of hydrogen-bond acceptors (Lipinski definition) is 0. The average molecular weight is 231 g/mol. The summed E-state index contributed by atoms with van der Waals surface area (Å²) in [6.07, 6.45) is 3.66. The minimum atomic E-state index is 0.923. The van der Waals surface area contributed by atoms with E-state index in [1.165, 1.54) is 27.1 Å². The third-order valence-electron chi connectivity index (χ3n) is 3.42. The molecule has 0 bridgehead atoms. The Kier molecular flexibility index (Phi) is 2.85. The lowest BCUT2D eigenvalue weighted by atomic mass is 9.97. The largest absolute Gasteiger partial charge is 0.0842 e. The lowest BCUT2D eigenvalue weighted by molar-refractivity contribution is 1.01. The minimum absolute atomic E-state index is 0.923. The maximum absolute atomic E-state index is 5.49. The molecule has 0 saturated heterocycles. The van der Waals surface area contributed by atoms with E-state index in [1.54, 1.807) is 6.08 Å². The number of fused-ring (bicyclic) bond motifs is 2. The fourth-order valence-electron chi connectivity index (χ4n) is 2.49. The molecular weight excluding hydrogens is 216 g/mol. The van der Waals surface area contributed by atoms with Gasteiger partial charge in [0.25, 0.3) is 0 Å². The average Bonchev–Trinajstić information content (AvgIpc) is 2.43. The fraction of sp³-hybridized carbons (Fsp3) is 0.111. The van der Waals surface area contributed by atoms with Gasteiger partial charge in [-0.2, -0.15) is 0 Å². The fourth-order valence-corrected chi connectivity index (χ4v) is 2.49. The summed E-state index contributed by atoms with van der Waals surface area (Å²) >= 11 is 0. The first-order valence-corrected chi connectivity index (χ1v) is 6.32. The predicted octanol–water partition coefficient (Wildman–Crippen LogP) is 4.91. The van der Waals surface area contributed by atoms with E-state index in [-0.39, 0.29) is 0 Å². The molecule has 18 heavy (non-hydrogen) atoms. The maximum atomic E-state index is 5.49. The molecule has 0 saturated carbocycles. The number of benzene rings is 3. The third kappa shape index (κ3) is 1.91. The summed E-state index contributed by atoms with van der Waals surface area (Å²) in [5.41, 5.74) is 1.37. The van der Waals surface area contributed by atoms with E-state index >= 15 is 0 Å². The van der Waals surface area contributed by atoms with E-state index in [4.69, 9.17) is 6.58 Å². The van der Waals surface area contributed by atoms with Gasteiger partial charge < -0.3 is 0 Å². The zero-order chi connectivity index (χ0) is 12.4. The normalized spacial score (nSPS) is 10.9. The molecule has 0 N–H and O–H groups in total. The molecule has 0 atom stereocenters. The molecule has 0 aliphatic carbocycles. The standard InChI is InChI=1S/C18H15/c1-2-3-7-14-10-6-11-17-12-15-8-4-5-9-16(15)13-18(14)17/h1-2,4-6,8-13H,3,7H2. The Balaban J connectivity index is 2.25. The highest BCUT2D eigenvalue weighted by Crippen LogP contribution is 2.26. The van der Waals surface area contributed by atoms with Crippen LogP contribution in [0.25, 0.3) is 21.5 Å². The van der Waals surface area contributed by atoms with Crippen LogP contribution in [0.15, 0.2) is 60.7 Å². The number of hydrogen-bond donors (Lipinski definition) is 0. The van der Waals surface area contributed by atoms with Crippen molar-refractivity contribution in [2.45, 2.75) is 12.8 Å². The van der Waals surface area contributed by atoms with Gasteiger partial charge in [-0.05, 0) is 52.1 Å². The first-order chi connectivity index (χ1) is 8.88. The van der Waals surface area contributed by atoms with Crippen LogP contribution in [0.4, 0.5) is 0 Å². The van der Waals surface area contributed by atoms with Crippen molar-refractivity contribution in [2.24, 2.45) is 0 Å². The van der Waals surface area contributed by atoms with Crippen LogP contribution < -0.4 is 0 Å². The summed E-state index contributed by atoms with van der Waals surface area (Å²) in [6, 6.07) is 19.6. The molecule has 0 amide bonds. The molecule has 0 unspecified atom stereocenters. The molecule has 0 aromatic heterocycles. The highest BCUT2D eigenvalue weighted by atomic mass is 14.1. The molecule has 0 nitrogen and oxygen atoms in total. The van der Waals surface area contributed by atoms with Gasteiger partial charge in [0.1, 0.15) is 0 Å². The number of allylic oxidation sites excluding steroid dienone is 1. The summed E-state index contributed by atoms with van der Waals surface area (Å²) in [6.45, 7) is 5.49. The molecule has 3 rings (SSSR count). The van der Waals surface area contributed by atoms with Gasteiger partial charge >= 0.3 is 0 Å². The lowest BCUT2D eigenvalue weighted by Crippen LogP contribution is -1.86. The van der Waals surface area contributed by atoms with Gasteiger partial charge in [0.2, 0.25) is 0 Å². The zero-order valence-electron chi connectivity index (χ0n) is 10.3. The minimum Gasteiger partial charge on any atom is -0.0842 e. The summed E-state index contributed by atoms with van der Waals surface area (Å²) in [7, 11) is 0. The van der Waals surface area contributed by atoms with Gasteiger partial charge in [-0.25, -0.2) is 0 Å². The molecule has 0 heterocycles. The van der Waals surface area contributed by atoms with Crippen LogP contribution in [0.1, 0.15) is 12.0 Å². The lowest BCUT2D eigenvalue weighted by Gasteiger charge is -2.07. The van der Waals surface area contributed by atoms with Crippen LogP contribution in [-0.4, -0.2) is 0 Å². The van der Waals surface area contributed by atoms with Gasteiger partial charge in [-0.3, -0.25) is 0 Å². The SMILES string of the molecule is [CH]=CCCc1cccc2cc3ccccc3cc12. The second kappa shape index (κ2) is 4.66. The molecule has 3 aromatic rings. The van der Waals surface area contributed by atoms with Gasteiger partial charge in [0, 0.05) is 0 Å². The molecule has 0 fully saturated rings. The van der Waals surface area contributed by atoms with Crippen molar-refractivity contribution in [3.8, 4) is 0 Å². The van der Waals surface area contributed by atoms with Crippen LogP contribution in [0.5, 0.6) is 0 Å². The van der Waals surface area contributed by atoms with Gasteiger partial charge in [-0.1, -0.05) is 55.1 Å². The predicted molar refractivity (Wildman–Crippen MR) is 78.6 cm³/mol. The zero-order valence-corrected chi connectivity index (χ0v) is 10.3. The Morgan fingerprint density at radius 1 is 0.833 bits per heavy atom. The van der Waals surface area contributed by atoms with E-state index < -0.39 is 0 Å². The Bertz CT molecular complexity index is 707. The molecule has 3 aromatic carbocycles. The van der Waals surface area contributed by atoms with E-state index in [0.717, 1.165) is 12.8 Å². The molecule has 0 aliphatic rings. The van der Waals surface area contributed by atoms with Crippen LogP contribution in [0, 0.1) is 6.58 Å². The smallest absolute Gasteiger partial charge is 0.0145 e. The number of rotatable bonds is 3. The highest BCUT2D eigenvalue weighted by molar-refractivity contribution is 5.99. The van der Waals surface area contributed by atoms with Crippen molar-refractivity contribution in [3.63, 3.8) is 0 Å². The van der Waals surface area contributed by atoms with Crippen molar-refractivity contribution < 1.29 is 0 Å². The quantitative estimate of drug-likeness (QED) is 0.561. The Hall–Kier alpha value is -2.08. The second-order valence-electron chi connectivity index (χ2n) is 4.61. The van der Waals surface area contributed by atoms with Crippen molar-refractivity contribution in [1.82, 2.24) is 0 Å². The second-order valence-corrected chi connectivity index (χ2v) is 4.61. The van der Waals surface area contributed by atoms with Crippen LogP contribution in [0.2, 0.25) is 0 Å². The van der Waals surface area contributed by atoms with Gasteiger partial charge in [0.05, 0.1) is 0 Å². The molecule has 87 valence electrons. The molecule has 1 radical (unpaired) electrons. The van der Waals surface area contributed by atoms with E-state index in [0.29, 0.717) is 0 Å². The van der Waals surface area contributed by atoms with Crippen LogP contribution in [-0.2, 0) is 6.42 Å². The van der Waals surface area contributed by atoms with Crippen molar-refractivity contribution in [3.05, 3.63) is 72.8 Å². The first kappa shape index (κ1) is 11.0. The third-order valence-corrected chi connectivity index (χ3v) is 3.42. The van der Waals surface area contributed by atoms with Crippen LogP contribution >= 0.6 is 0 Å². The van der Waals surface area contributed by atoms with Crippen molar-refractivity contribution >= 4 is 21.5 Å². The van der Waals surface area contributed by atoms with E-state index in [9.17, 15) is 0 Å². The first-order valence-electron chi connectivity index (χ1n) is 6.32.